The Morgan fingerprint density at radius 1 is 1.08 bits per heavy atom. The molecule has 1 atom stereocenters. The second kappa shape index (κ2) is 8.67. The van der Waals surface area contributed by atoms with Crippen molar-refractivity contribution in [2.45, 2.75) is 75.9 Å². The number of nitrogens with zero attached hydrogens (tertiary/aromatic N) is 1. The Kier molecular flexibility index (Phi) is 6.30. The zero-order chi connectivity index (χ0) is 18.4. The smallest absolute Gasteiger partial charge is 0.305 e. The van der Waals surface area contributed by atoms with E-state index in [1.165, 1.54) is 5.56 Å². The van der Waals surface area contributed by atoms with Crippen molar-refractivity contribution in [1.82, 2.24) is 10.2 Å². The van der Waals surface area contributed by atoms with Crippen molar-refractivity contribution in [2.75, 3.05) is 6.54 Å². The van der Waals surface area contributed by atoms with Gasteiger partial charge in [-0.15, -0.1) is 0 Å². The molecule has 1 aromatic carbocycles. The number of rotatable bonds is 6. The number of carbonyl (C=O) groups excluding carboxylic acids is 1. The molecule has 0 bridgehead atoms. The summed E-state index contributed by atoms with van der Waals surface area (Å²) in [6, 6.07) is 10.1. The largest absolute Gasteiger partial charge is 0.481 e. The molecule has 2 N–H and O–H groups in total. The molecular formula is C21H30N2O3. The lowest BCUT2D eigenvalue weighted by atomic mass is 9.79. The summed E-state index contributed by atoms with van der Waals surface area (Å²) in [4.78, 5) is 26.7. The molecule has 1 saturated heterocycles. The van der Waals surface area contributed by atoms with E-state index in [0.29, 0.717) is 0 Å². The number of carboxylic acid groups (broad SMARTS) is 1. The fourth-order valence-corrected chi connectivity index (χ4v) is 4.50. The van der Waals surface area contributed by atoms with Crippen LogP contribution >= 0.6 is 0 Å². The number of carboxylic acids is 1. The van der Waals surface area contributed by atoms with Gasteiger partial charge in [-0.2, -0.15) is 0 Å². The van der Waals surface area contributed by atoms with Crippen LogP contribution in [0.15, 0.2) is 30.3 Å². The van der Waals surface area contributed by atoms with E-state index in [4.69, 9.17) is 0 Å². The average Bonchev–Trinajstić information content (AvgIpc) is 2.63. The molecule has 2 aliphatic rings. The zero-order valence-electron chi connectivity index (χ0n) is 15.5. The van der Waals surface area contributed by atoms with Crippen molar-refractivity contribution in [3.05, 3.63) is 35.9 Å². The van der Waals surface area contributed by atoms with Gasteiger partial charge < -0.3 is 10.4 Å². The number of hydrogen-bond donors (Lipinski definition) is 2. The molecule has 142 valence electrons. The maximum Gasteiger partial charge on any atom is 0.305 e. The highest BCUT2D eigenvalue weighted by atomic mass is 16.4. The number of hydrogen-bond acceptors (Lipinski definition) is 3. The molecule has 26 heavy (non-hydrogen) atoms. The summed E-state index contributed by atoms with van der Waals surface area (Å²) < 4.78 is 0. The lowest BCUT2D eigenvalue weighted by molar-refractivity contribution is -0.140. The molecule has 3 rings (SSSR count). The van der Waals surface area contributed by atoms with Crippen LogP contribution in [0.4, 0.5) is 0 Å². The lowest BCUT2D eigenvalue weighted by Gasteiger charge is -2.41. The highest BCUT2D eigenvalue weighted by Crippen LogP contribution is 2.32. The van der Waals surface area contributed by atoms with Crippen LogP contribution < -0.4 is 5.32 Å². The number of piperidine rings is 1. The van der Waals surface area contributed by atoms with E-state index >= 15 is 0 Å². The molecule has 2 fully saturated rings. The Hall–Kier alpha value is -1.88. The van der Waals surface area contributed by atoms with Gasteiger partial charge in [-0.3, -0.25) is 14.5 Å². The Labute approximate surface area is 155 Å². The number of likely N-dealkylation sites (tertiary alicyclic amines) is 1. The molecule has 1 amide bonds. The van der Waals surface area contributed by atoms with Crippen molar-refractivity contribution >= 4 is 11.9 Å². The third kappa shape index (κ3) is 4.85. The minimum absolute atomic E-state index is 0.0174. The minimum atomic E-state index is -0.822. The average molecular weight is 358 g/mol. The summed E-state index contributed by atoms with van der Waals surface area (Å²) in [6.45, 7) is 1.68. The van der Waals surface area contributed by atoms with E-state index < -0.39 is 11.5 Å². The van der Waals surface area contributed by atoms with Gasteiger partial charge in [0.25, 0.3) is 0 Å². The lowest BCUT2D eigenvalue weighted by Crippen LogP contribution is -2.57. The molecular weight excluding hydrogens is 328 g/mol. The first-order valence-electron chi connectivity index (χ1n) is 9.90. The SMILES string of the molecule is O=C(O)CC1(NC(=O)C2CCCCN2Cc2ccccc2)CCCCC1. The quantitative estimate of drug-likeness (QED) is 0.818. The maximum atomic E-state index is 13.1. The first-order chi connectivity index (χ1) is 12.6. The summed E-state index contributed by atoms with van der Waals surface area (Å²) in [5.74, 6) is -0.805. The number of benzene rings is 1. The molecule has 0 radical (unpaired) electrons. The summed E-state index contributed by atoms with van der Waals surface area (Å²) in [7, 11) is 0. The van der Waals surface area contributed by atoms with E-state index in [1.54, 1.807) is 0 Å². The predicted octanol–water partition coefficient (Wildman–Crippen LogP) is 3.33. The van der Waals surface area contributed by atoms with E-state index in [1.807, 2.05) is 18.2 Å². The summed E-state index contributed by atoms with van der Waals surface area (Å²) >= 11 is 0. The van der Waals surface area contributed by atoms with Crippen molar-refractivity contribution in [3.8, 4) is 0 Å². The normalized spacial score (nSPS) is 23.3. The van der Waals surface area contributed by atoms with Crippen LogP contribution in [-0.4, -0.2) is 40.0 Å². The Bertz CT molecular complexity index is 611. The summed E-state index contributed by atoms with van der Waals surface area (Å²) in [6.07, 6.45) is 7.70. The highest BCUT2D eigenvalue weighted by molar-refractivity contribution is 5.83. The van der Waals surface area contributed by atoms with Crippen molar-refractivity contribution in [3.63, 3.8) is 0 Å². The molecule has 1 aliphatic carbocycles. The van der Waals surface area contributed by atoms with Gasteiger partial charge in [0.1, 0.15) is 0 Å². The van der Waals surface area contributed by atoms with Gasteiger partial charge in [0, 0.05) is 6.54 Å². The van der Waals surface area contributed by atoms with Crippen LogP contribution in [-0.2, 0) is 16.1 Å². The van der Waals surface area contributed by atoms with E-state index in [0.717, 1.165) is 64.5 Å². The molecule has 1 heterocycles. The molecule has 5 heteroatoms. The minimum Gasteiger partial charge on any atom is -0.481 e. The Balaban J connectivity index is 1.69. The van der Waals surface area contributed by atoms with Gasteiger partial charge in [0.15, 0.2) is 0 Å². The summed E-state index contributed by atoms with van der Waals surface area (Å²) in [5, 5.41) is 12.5. The van der Waals surface area contributed by atoms with E-state index in [-0.39, 0.29) is 18.4 Å². The van der Waals surface area contributed by atoms with Gasteiger partial charge in [-0.05, 0) is 37.8 Å². The molecule has 1 saturated carbocycles. The van der Waals surface area contributed by atoms with Crippen LogP contribution in [0.2, 0.25) is 0 Å². The van der Waals surface area contributed by atoms with E-state index in [2.05, 4.69) is 22.3 Å². The monoisotopic (exact) mass is 358 g/mol. The topological polar surface area (TPSA) is 69.6 Å². The molecule has 5 nitrogen and oxygen atoms in total. The van der Waals surface area contributed by atoms with Crippen molar-refractivity contribution in [2.24, 2.45) is 0 Å². The second-order valence-electron chi connectivity index (χ2n) is 7.87. The number of carbonyl (C=O) groups is 2. The van der Waals surface area contributed by atoms with E-state index in [9.17, 15) is 14.7 Å². The Morgan fingerprint density at radius 2 is 1.81 bits per heavy atom. The molecule has 0 spiro atoms. The predicted molar refractivity (Wildman–Crippen MR) is 101 cm³/mol. The number of nitrogens with one attached hydrogen (secondary N) is 1. The van der Waals surface area contributed by atoms with Gasteiger partial charge in [-0.25, -0.2) is 0 Å². The Morgan fingerprint density at radius 3 is 2.50 bits per heavy atom. The third-order valence-corrected chi connectivity index (χ3v) is 5.83. The van der Waals surface area contributed by atoms with Gasteiger partial charge in [0.05, 0.1) is 18.0 Å². The highest BCUT2D eigenvalue weighted by Gasteiger charge is 2.39. The molecule has 0 aromatic heterocycles. The van der Waals surface area contributed by atoms with Gasteiger partial charge in [0.2, 0.25) is 5.91 Å². The van der Waals surface area contributed by atoms with Crippen molar-refractivity contribution in [1.29, 1.82) is 0 Å². The number of aliphatic carboxylic acids is 1. The van der Waals surface area contributed by atoms with Gasteiger partial charge in [-0.1, -0.05) is 56.0 Å². The van der Waals surface area contributed by atoms with Gasteiger partial charge >= 0.3 is 5.97 Å². The standard InChI is InChI=1S/C21H30N2O3/c24-19(25)15-21(12-6-2-7-13-21)22-20(26)18-11-5-8-14-23(18)16-17-9-3-1-4-10-17/h1,3-4,9-10,18H,2,5-8,11-16H2,(H,22,26)(H,24,25). The van der Waals surface area contributed by atoms with Crippen LogP contribution in [0.1, 0.15) is 63.4 Å². The third-order valence-electron chi connectivity index (χ3n) is 5.83. The van der Waals surface area contributed by atoms with Crippen LogP contribution in [0.5, 0.6) is 0 Å². The van der Waals surface area contributed by atoms with Crippen LogP contribution in [0.25, 0.3) is 0 Å². The first-order valence-corrected chi connectivity index (χ1v) is 9.90. The second-order valence-corrected chi connectivity index (χ2v) is 7.87. The van der Waals surface area contributed by atoms with Crippen LogP contribution in [0, 0.1) is 0 Å². The zero-order valence-corrected chi connectivity index (χ0v) is 15.5. The summed E-state index contributed by atoms with van der Waals surface area (Å²) in [5.41, 5.74) is 0.655. The molecule has 1 unspecified atom stereocenters. The number of amides is 1. The maximum absolute atomic E-state index is 13.1. The fourth-order valence-electron chi connectivity index (χ4n) is 4.50. The first kappa shape index (κ1) is 18.9. The molecule has 1 aromatic rings. The fraction of sp³-hybridized carbons (Fsp3) is 0.619. The van der Waals surface area contributed by atoms with Crippen molar-refractivity contribution < 1.29 is 14.7 Å². The molecule has 1 aliphatic heterocycles. The van der Waals surface area contributed by atoms with Crippen LogP contribution in [0.3, 0.4) is 0 Å².